The first kappa shape index (κ1) is 13.4. The van der Waals surface area contributed by atoms with Crippen LogP contribution in [0.3, 0.4) is 0 Å². The summed E-state index contributed by atoms with van der Waals surface area (Å²) >= 11 is 0. The molecule has 0 saturated heterocycles. The third-order valence-corrected chi connectivity index (χ3v) is 3.01. The van der Waals surface area contributed by atoms with Crippen LogP contribution in [0.15, 0.2) is 24.3 Å². The summed E-state index contributed by atoms with van der Waals surface area (Å²) < 4.78 is 26.9. The highest BCUT2D eigenvalue weighted by atomic mass is 32.2. The van der Waals surface area contributed by atoms with Gasteiger partial charge in [-0.25, -0.2) is 8.42 Å². The average Bonchev–Trinajstić information content (AvgIpc) is 2.24. The SMILES string of the molecule is CS(=O)(=O)CCCOc1ccc([N+](=O)[O-])cc1. The Labute approximate surface area is 99.3 Å². The summed E-state index contributed by atoms with van der Waals surface area (Å²) in [4.78, 5) is 9.89. The highest BCUT2D eigenvalue weighted by Gasteiger charge is 2.05. The van der Waals surface area contributed by atoms with Gasteiger partial charge in [-0.05, 0) is 18.6 Å². The Kier molecular flexibility index (Phi) is 4.45. The van der Waals surface area contributed by atoms with Crippen LogP contribution in [0, 0.1) is 10.1 Å². The molecule has 0 heterocycles. The van der Waals surface area contributed by atoms with Crippen LogP contribution in [-0.2, 0) is 9.84 Å². The Bertz CT molecular complexity index is 480. The number of hydrogen-bond donors (Lipinski definition) is 0. The molecule has 6 nitrogen and oxygen atoms in total. The normalized spacial score (nSPS) is 11.1. The van der Waals surface area contributed by atoms with Gasteiger partial charge in [0.2, 0.25) is 0 Å². The highest BCUT2D eigenvalue weighted by Crippen LogP contribution is 2.17. The molecule has 0 spiro atoms. The highest BCUT2D eigenvalue weighted by molar-refractivity contribution is 7.90. The van der Waals surface area contributed by atoms with Crippen molar-refractivity contribution in [3.05, 3.63) is 34.4 Å². The van der Waals surface area contributed by atoms with Crippen LogP contribution in [0.1, 0.15) is 6.42 Å². The van der Waals surface area contributed by atoms with Crippen molar-refractivity contribution in [2.75, 3.05) is 18.6 Å². The number of benzene rings is 1. The van der Waals surface area contributed by atoms with Crippen molar-refractivity contribution in [3.8, 4) is 5.75 Å². The van der Waals surface area contributed by atoms with Crippen molar-refractivity contribution in [1.29, 1.82) is 0 Å². The standard InChI is InChI=1S/C10H13NO5S/c1-17(14,15)8-2-7-16-10-5-3-9(4-6-10)11(12)13/h3-6H,2,7-8H2,1H3. The monoisotopic (exact) mass is 259 g/mol. The van der Waals surface area contributed by atoms with Crippen LogP contribution in [0.2, 0.25) is 0 Å². The van der Waals surface area contributed by atoms with Crippen LogP contribution in [0.5, 0.6) is 5.75 Å². The van der Waals surface area contributed by atoms with E-state index < -0.39 is 14.8 Å². The van der Waals surface area contributed by atoms with Gasteiger partial charge in [-0.2, -0.15) is 0 Å². The van der Waals surface area contributed by atoms with Gasteiger partial charge in [0.15, 0.2) is 0 Å². The average molecular weight is 259 g/mol. The van der Waals surface area contributed by atoms with E-state index in [1.807, 2.05) is 0 Å². The lowest BCUT2D eigenvalue weighted by Crippen LogP contribution is -2.07. The fourth-order valence-corrected chi connectivity index (χ4v) is 1.82. The van der Waals surface area contributed by atoms with Gasteiger partial charge in [-0.3, -0.25) is 10.1 Å². The number of sulfone groups is 1. The number of nitro benzene ring substituents is 1. The Morgan fingerprint density at radius 2 is 1.88 bits per heavy atom. The van der Waals surface area contributed by atoms with Crippen LogP contribution in [0.4, 0.5) is 5.69 Å². The minimum absolute atomic E-state index is 0.00603. The van der Waals surface area contributed by atoms with E-state index in [4.69, 9.17) is 4.74 Å². The van der Waals surface area contributed by atoms with Crippen LogP contribution in [0.25, 0.3) is 0 Å². The molecule has 0 aromatic heterocycles. The van der Waals surface area contributed by atoms with E-state index in [2.05, 4.69) is 0 Å². The molecule has 94 valence electrons. The second-order valence-corrected chi connectivity index (χ2v) is 5.84. The molecule has 7 heteroatoms. The second-order valence-electron chi connectivity index (χ2n) is 3.58. The molecule has 0 N–H and O–H groups in total. The maximum atomic E-state index is 10.8. The smallest absolute Gasteiger partial charge is 0.269 e. The van der Waals surface area contributed by atoms with Gasteiger partial charge in [0, 0.05) is 18.4 Å². The molecule has 0 amide bonds. The van der Waals surface area contributed by atoms with Crippen molar-refractivity contribution in [3.63, 3.8) is 0 Å². The summed E-state index contributed by atoms with van der Waals surface area (Å²) in [6.07, 6.45) is 1.56. The molecule has 0 fully saturated rings. The largest absolute Gasteiger partial charge is 0.494 e. The maximum absolute atomic E-state index is 10.8. The number of nitrogens with zero attached hydrogens (tertiary/aromatic N) is 1. The second kappa shape index (κ2) is 5.62. The van der Waals surface area contributed by atoms with E-state index in [0.717, 1.165) is 0 Å². The molecule has 0 aliphatic carbocycles. The zero-order chi connectivity index (χ0) is 12.9. The van der Waals surface area contributed by atoms with E-state index in [9.17, 15) is 18.5 Å². The Balaban J connectivity index is 2.40. The van der Waals surface area contributed by atoms with E-state index in [1.54, 1.807) is 0 Å². The van der Waals surface area contributed by atoms with Gasteiger partial charge in [0.05, 0.1) is 17.3 Å². The van der Waals surface area contributed by atoms with Gasteiger partial charge >= 0.3 is 0 Å². The minimum Gasteiger partial charge on any atom is -0.494 e. The molecule has 0 saturated carbocycles. The molecule has 1 aromatic carbocycles. The Morgan fingerprint density at radius 1 is 1.29 bits per heavy atom. The molecule has 1 aromatic rings. The Hall–Kier alpha value is -1.63. The zero-order valence-electron chi connectivity index (χ0n) is 9.33. The first-order valence-corrected chi connectivity index (χ1v) is 6.99. The maximum Gasteiger partial charge on any atom is 0.269 e. The van der Waals surface area contributed by atoms with E-state index in [-0.39, 0.29) is 18.0 Å². The third-order valence-electron chi connectivity index (χ3n) is 1.98. The lowest BCUT2D eigenvalue weighted by atomic mass is 10.3. The summed E-state index contributed by atoms with van der Waals surface area (Å²) in [7, 11) is -2.97. The molecule has 0 atom stereocenters. The predicted molar refractivity (Wildman–Crippen MR) is 62.9 cm³/mol. The van der Waals surface area contributed by atoms with E-state index in [1.165, 1.54) is 30.5 Å². The predicted octanol–water partition coefficient (Wildman–Crippen LogP) is 1.41. The number of nitro groups is 1. The summed E-state index contributed by atoms with van der Waals surface area (Å²) in [6, 6.07) is 5.65. The lowest BCUT2D eigenvalue weighted by molar-refractivity contribution is -0.384. The van der Waals surface area contributed by atoms with Crippen molar-refractivity contribution in [2.45, 2.75) is 6.42 Å². The zero-order valence-corrected chi connectivity index (χ0v) is 10.1. The summed E-state index contributed by atoms with van der Waals surface area (Å²) in [6.45, 7) is 0.269. The van der Waals surface area contributed by atoms with E-state index >= 15 is 0 Å². The molecule has 0 aliphatic heterocycles. The fourth-order valence-electron chi connectivity index (χ4n) is 1.18. The molecule has 0 aliphatic rings. The molecular weight excluding hydrogens is 246 g/mol. The first-order valence-electron chi connectivity index (χ1n) is 4.93. The molecule has 17 heavy (non-hydrogen) atoms. The molecule has 1 rings (SSSR count). The van der Waals surface area contributed by atoms with Crippen molar-refractivity contribution in [1.82, 2.24) is 0 Å². The van der Waals surface area contributed by atoms with Crippen LogP contribution >= 0.6 is 0 Å². The number of non-ortho nitro benzene ring substituents is 1. The van der Waals surface area contributed by atoms with Gasteiger partial charge in [-0.1, -0.05) is 0 Å². The van der Waals surface area contributed by atoms with Crippen molar-refractivity contribution >= 4 is 15.5 Å². The topological polar surface area (TPSA) is 86.5 Å². The van der Waals surface area contributed by atoms with Gasteiger partial charge in [0.1, 0.15) is 15.6 Å². The van der Waals surface area contributed by atoms with Crippen molar-refractivity contribution < 1.29 is 18.1 Å². The first-order chi connectivity index (χ1) is 7.88. The number of rotatable bonds is 6. The number of ether oxygens (including phenoxy) is 1. The lowest BCUT2D eigenvalue weighted by Gasteiger charge is -2.04. The quantitative estimate of drug-likeness (QED) is 0.438. The minimum atomic E-state index is -2.97. The van der Waals surface area contributed by atoms with Crippen molar-refractivity contribution in [2.24, 2.45) is 0 Å². The number of hydrogen-bond acceptors (Lipinski definition) is 5. The summed E-state index contributed by atoms with van der Waals surface area (Å²) in [5.41, 5.74) is -0.00603. The van der Waals surface area contributed by atoms with Gasteiger partial charge in [0.25, 0.3) is 5.69 Å². The summed E-state index contributed by atoms with van der Waals surface area (Å²) in [5.74, 6) is 0.559. The van der Waals surface area contributed by atoms with Gasteiger partial charge in [-0.15, -0.1) is 0 Å². The van der Waals surface area contributed by atoms with Crippen LogP contribution < -0.4 is 4.74 Å². The molecule has 0 radical (unpaired) electrons. The molecule has 0 bridgehead atoms. The van der Waals surface area contributed by atoms with E-state index in [0.29, 0.717) is 12.2 Å². The fraction of sp³-hybridized carbons (Fsp3) is 0.400. The van der Waals surface area contributed by atoms with Crippen LogP contribution in [-0.4, -0.2) is 32.0 Å². The molecule has 0 unspecified atom stereocenters. The third kappa shape index (κ3) is 5.30. The molecular formula is C10H13NO5S. The summed E-state index contributed by atoms with van der Waals surface area (Å²) in [5, 5.41) is 10.4. The Morgan fingerprint density at radius 3 is 2.35 bits per heavy atom. The van der Waals surface area contributed by atoms with Gasteiger partial charge < -0.3 is 4.74 Å².